The molecule has 0 aromatic carbocycles. The third-order valence-corrected chi connectivity index (χ3v) is 2.38. The van der Waals surface area contributed by atoms with Crippen LogP contribution < -0.4 is 5.32 Å². The maximum absolute atomic E-state index is 5.77. The molecule has 2 unspecified atom stereocenters. The molecule has 0 aliphatic heterocycles. The Bertz CT molecular complexity index is 151. The van der Waals surface area contributed by atoms with Crippen molar-refractivity contribution in [3.63, 3.8) is 0 Å². The van der Waals surface area contributed by atoms with Crippen molar-refractivity contribution in [2.45, 2.75) is 52.7 Å². The minimum absolute atomic E-state index is 0.198. The molecule has 0 saturated heterocycles. The van der Waals surface area contributed by atoms with Crippen LogP contribution in [-0.2, 0) is 9.47 Å². The molecule has 0 fully saturated rings. The lowest BCUT2D eigenvalue weighted by Gasteiger charge is -2.18. The van der Waals surface area contributed by atoms with Gasteiger partial charge in [0.05, 0.1) is 18.8 Å². The largest absolute Gasteiger partial charge is 0.382 e. The molecule has 0 aliphatic carbocycles. The summed E-state index contributed by atoms with van der Waals surface area (Å²) in [6.45, 7) is 11.5. The normalized spacial score (nSPS) is 15.4. The molecule has 0 saturated carbocycles. The summed E-state index contributed by atoms with van der Waals surface area (Å²) in [5, 5.41) is 3.44. The first-order chi connectivity index (χ1) is 7.56. The summed E-state index contributed by atoms with van der Waals surface area (Å²) in [6.07, 6.45) is 2.81. The lowest BCUT2D eigenvalue weighted by atomic mass is 10.2. The molecule has 0 radical (unpaired) electrons. The topological polar surface area (TPSA) is 30.5 Å². The Balaban J connectivity index is 3.33. The Kier molecular flexibility index (Phi) is 9.99. The molecule has 3 heteroatoms. The van der Waals surface area contributed by atoms with E-state index in [4.69, 9.17) is 9.47 Å². The van der Waals surface area contributed by atoms with Crippen molar-refractivity contribution in [3.05, 3.63) is 0 Å². The fourth-order valence-electron chi connectivity index (χ4n) is 1.64. The van der Waals surface area contributed by atoms with Gasteiger partial charge in [-0.25, -0.2) is 0 Å². The molecular formula is C13H29NO2. The van der Waals surface area contributed by atoms with Crippen LogP contribution in [0, 0.1) is 5.92 Å². The van der Waals surface area contributed by atoms with Crippen molar-refractivity contribution in [3.8, 4) is 0 Å². The quantitative estimate of drug-likeness (QED) is 0.586. The molecule has 0 rings (SSSR count). The molecule has 3 nitrogen and oxygen atoms in total. The highest BCUT2D eigenvalue weighted by atomic mass is 16.5. The van der Waals surface area contributed by atoms with Crippen LogP contribution in [0.4, 0.5) is 0 Å². The van der Waals surface area contributed by atoms with Crippen LogP contribution in [0.3, 0.4) is 0 Å². The fourth-order valence-corrected chi connectivity index (χ4v) is 1.64. The summed E-state index contributed by atoms with van der Waals surface area (Å²) in [4.78, 5) is 0. The summed E-state index contributed by atoms with van der Waals surface area (Å²) < 4.78 is 10.8. The number of hydrogen-bond acceptors (Lipinski definition) is 3. The molecule has 0 aromatic rings. The molecular weight excluding hydrogens is 202 g/mol. The molecule has 0 heterocycles. The first-order valence-electron chi connectivity index (χ1n) is 6.41. The van der Waals surface area contributed by atoms with Crippen LogP contribution in [0.15, 0.2) is 0 Å². The summed E-state index contributed by atoms with van der Waals surface area (Å²) in [5.41, 5.74) is 0. The minimum Gasteiger partial charge on any atom is -0.382 e. The molecule has 0 spiro atoms. The Morgan fingerprint density at radius 2 is 1.75 bits per heavy atom. The van der Waals surface area contributed by atoms with Crippen molar-refractivity contribution < 1.29 is 9.47 Å². The maximum Gasteiger partial charge on any atom is 0.0783 e. The zero-order valence-electron chi connectivity index (χ0n) is 11.6. The summed E-state index contributed by atoms with van der Waals surface area (Å²) in [5.74, 6) is 0.732. The highest BCUT2D eigenvalue weighted by Gasteiger charge is 2.07. The smallest absolute Gasteiger partial charge is 0.0783 e. The second-order valence-electron chi connectivity index (χ2n) is 4.95. The van der Waals surface area contributed by atoms with E-state index >= 15 is 0 Å². The molecule has 0 aliphatic rings. The standard InChI is InChI=1S/C13H29NO2/c1-11(2)9-14-8-6-7-12(3)16-13(4)10-15-5/h11-14H,6-10H2,1-5H3. The van der Waals surface area contributed by atoms with Crippen LogP contribution in [0.2, 0.25) is 0 Å². The number of rotatable bonds is 10. The van der Waals surface area contributed by atoms with E-state index in [0.717, 1.165) is 25.4 Å². The van der Waals surface area contributed by atoms with Gasteiger partial charge in [0.25, 0.3) is 0 Å². The summed E-state index contributed by atoms with van der Waals surface area (Å²) >= 11 is 0. The van der Waals surface area contributed by atoms with Crippen molar-refractivity contribution >= 4 is 0 Å². The Morgan fingerprint density at radius 1 is 1.06 bits per heavy atom. The first kappa shape index (κ1) is 15.9. The summed E-state index contributed by atoms with van der Waals surface area (Å²) in [6, 6.07) is 0. The van der Waals surface area contributed by atoms with Crippen LogP contribution in [0.1, 0.15) is 40.5 Å². The van der Waals surface area contributed by atoms with Gasteiger partial charge in [-0.05, 0) is 45.7 Å². The predicted molar refractivity (Wildman–Crippen MR) is 68.8 cm³/mol. The fraction of sp³-hybridized carbons (Fsp3) is 1.00. The van der Waals surface area contributed by atoms with Crippen molar-refractivity contribution in [1.82, 2.24) is 5.32 Å². The summed E-state index contributed by atoms with van der Waals surface area (Å²) in [7, 11) is 1.71. The second-order valence-corrected chi connectivity index (χ2v) is 4.95. The number of ether oxygens (including phenoxy) is 2. The number of nitrogens with one attached hydrogen (secondary N) is 1. The highest BCUT2D eigenvalue weighted by molar-refractivity contribution is 4.58. The first-order valence-corrected chi connectivity index (χ1v) is 6.41. The Labute approximate surface area is 101 Å². The van der Waals surface area contributed by atoms with Gasteiger partial charge in [-0.1, -0.05) is 13.8 Å². The van der Waals surface area contributed by atoms with E-state index in [1.165, 1.54) is 6.42 Å². The molecule has 16 heavy (non-hydrogen) atoms. The van der Waals surface area contributed by atoms with Gasteiger partial charge in [-0.2, -0.15) is 0 Å². The van der Waals surface area contributed by atoms with Gasteiger partial charge in [0.2, 0.25) is 0 Å². The van der Waals surface area contributed by atoms with E-state index in [1.54, 1.807) is 7.11 Å². The number of hydrogen-bond donors (Lipinski definition) is 1. The molecule has 1 N–H and O–H groups in total. The highest BCUT2D eigenvalue weighted by Crippen LogP contribution is 2.05. The van der Waals surface area contributed by atoms with Crippen LogP contribution in [0.25, 0.3) is 0 Å². The minimum atomic E-state index is 0.198. The molecule has 2 atom stereocenters. The van der Waals surface area contributed by atoms with Crippen molar-refractivity contribution in [2.24, 2.45) is 5.92 Å². The predicted octanol–water partition coefficient (Wildman–Crippen LogP) is 2.45. The average Bonchev–Trinajstić information content (AvgIpc) is 2.16. The monoisotopic (exact) mass is 231 g/mol. The van der Waals surface area contributed by atoms with E-state index in [-0.39, 0.29) is 6.10 Å². The lowest BCUT2D eigenvalue weighted by molar-refractivity contribution is -0.0343. The molecule has 0 aromatic heterocycles. The molecule has 98 valence electrons. The van der Waals surface area contributed by atoms with E-state index in [9.17, 15) is 0 Å². The van der Waals surface area contributed by atoms with Gasteiger partial charge >= 0.3 is 0 Å². The SMILES string of the molecule is COCC(C)OC(C)CCCNCC(C)C. The van der Waals surface area contributed by atoms with Gasteiger partial charge in [0.15, 0.2) is 0 Å². The third kappa shape index (κ3) is 10.4. The Hall–Kier alpha value is -0.120. The van der Waals surface area contributed by atoms with E-state index in [1.807, 2.05) is 0 Å². The van der Waals surface area contributed by atoms with E-state index in [0.29, 0.717) is 12.7 Å². The van der Waals surface area contributed by atoms with Crippen LogP contribution in [0.5, 0.6) is 0 Å². The van der Waals surface area contributed by atoms with Gasteiger partial charge in [0, 0.05) is 7.11 Å². The van der Waals surface area contributed by atoms with Gasteiger partial charge in [-0.3, -0.25) is 0 Å². The van der Waals surface area contributed by atoms with Crippen LogP contribution >= 0.6 is 0 Å². The Morgan fingerprint density at radius 3 is 2.31 bits per heavy atom. The van der Waals surface area contributed by atoms with Crippen LogP contribution in [-0.4, -0.2) is 39.0 Å². The zero-order valence-corrected chi connectivity index (χ0v) is 11.6. The van der Waals surface area contributed by atoms with Gasteiger partial charge in [-0.15, -0.1) is 0 Å². The maximum atomic E-state index is 5.77. The van der Waals surface area contributed by atoms with Crippen molar-refractivity contribution in [2.75, 3.05) is 26.8 Å². The average molecular weight is 231 g/mol. The molecule has 0 bridgehead atoms. The van der Waals surface area contributed by atoms with Gasteiger partial charge < -0.3 is 14.8 Å². The van der Waals surface area contributed by atoms with E-state index < -0.39 is 0 Å². The second kappa shape index (κ2) is 10.1. The van der Waals surface area contributed by atoms with E-state index in [2.05, 4.69) is 33.0 Å². The molecule has 0 amide bonds. The number of methoxy groups -OCH3 is 1. The third-order valence-electron chi connectivity index (χ3n) is 2.38. The van der Waals surface area contributed by atoms with Gasteiger partial charge in [0.1, 0.15) is 0 Å². The van der Waals surface area contributed by atoms with Crippen molar-refractivity contribution in [1.29, 1.82) is 0 Å². The lowest BCUT2D eigenvalue weighted by Crippen LogP contribution is -2.24. The zero-order chi connectivity index (χ0) is 12.4.